The van der Waals surface area contributed by atoms with Crippen LogP contribution in [0.4, 0.5) is 0 Å². The third-order valence-electron chi connectivity index (χ3n) is 3.18. The van der Waals surface area contributed by atoms with Gasteiger partial charge in [-0.3, -0.25) is 0 Å². The zero-order valence-corrected chi connectivity index (χ0v) is 9.55. The molecule has 1 saturated heterocycles. The van der Waals surface area contributed by atoms with Gasteiger partial charge in [0.2, 0.25) is 0 Å². The molecule has 0 bridgehead atoms. The van der Waals surface area contributed by atoms with E-state index in [0.29, 0.717) is 6.61 Å². The first-order valence-corrected chi connectivity index (χ1v) is 5.52. The SMILES string of the molecule is Cc1ccc(C)c(CC2(N)CCOC2)c1. The van der Waals surface area contributed by atoms with Crippen molar-refractivity contribution >= 4 is 0 Å². The summed E-state index contributed by atoms with van der Waals surface area (Å²) in [5, 5.41) is 0. The van der Waals surface area contributed by atoms with E-state index in [1.165, 1.54) is 16.7 Å². The van der Waals surface area contributed by atoms with E-state index in [2.05, 4.69) is 32.0 Å². The molecule has 2 nitrogen and oxygen atoms in total. The van der Waals surface area contributed by atoms with Crippen LogP contribution >= 0.6 is 0 Å². The second-order valence-electron chi connectivity index (χ2n) is 4.77. The van der Waals surface area contributed by atoms with E-state index < -0.39 is 0 Å². The standard InChI is InChI=1S/C13H19NO/c1-10-3-4-11(2)12(7-10)8-13(14)5-6-15-9-13/h3-4,7H,5-6,8-9,14H2,1-2H3. The summed E-state index contributed by atoms with van der Waals surface area (Å²) < 4.78 is 5.38. The summed E-state index contributed by atoms with van der Waals surface area (Å²) in [6.07, 6.45) is 1.90. The lowest BCUT2D eigenvalue weighted by Gasteiger charge is -2.23. The Morgan fingerprint density at radius 1 is 1.40 bits per heavy atom. The molecule has 1 aromatic carbocycles. The second kappa shape index (κ2) is 3.95. The zero-order valence-electron chi connectivity index (χ0n) is 9.55. The van der Waals surface area contributed by atoms with Crippen molar-refractivity contribution in [3.63, 3.8) is 0 Å². The molecule has 1 aromatic rings. The van der Waals surface area contributed by atoms with Crippen molar-refractivity contribution in [2.45, 2.75) is 32.2 Å². The Hall–Kier alpha value is -0.860. The smallest absolute Gasteiger partial charge is 0.0650 e. The summed E-state index contributed by atoms with van der Waals surface area (Å²) in [5.41, 5.74) is 10.1. The maximum Gasteiger partial charge on any atom is 0.0650 e. The summed E-state index contributed by atoms with van der Waals surface area (Å²) in [6, 6.07) is 6.55. The normalized spacial score (nSPS) is 25.8. The molecule has 2 heteroatoms. The van der Waals surface area contributed by atoms with Crippen molar-refractivity contribution in [3.8, 4) is 0 Å². The molecule has 1 atom stereocenters. The van der Waals surface area contributed by atoms with Crippen molar-refractivity contribution in [2.75, 3.05) is 13.2 Å². The fraction of sp³-hybridized carbons (Fsp3) is 0.538. The molecule has 0 aliphatic carbocycles. The molecule has 15 heavy (non-hydrogen) atoms. The predicted octanol–water partition coefficient (Wildman–Crippen LogP) is 1.96. The maximum absolute atomic E-state index is 6.29. The average Bonchev–Trinajstić information content (AvgIpc) is 2.59. The topological polar surface area (TPSA) is 35.2 Å². The molecule has 2 rings (SSSR count). The van der Waals surface area contributed by atoms with Gasteiger partial charge in [-0.15, -0.1) is 0 Å². The molecule has 1 fully saturated rings. The van der Waals surface area contributed by atoms with Gasteiger partial charge in [0.05, 0.1) is 6.61 Å². The molecule has 0 radical (unpaired) electrons. The summed E-state index contributed by atoms with van der Waals surface area (Å²) in [4.78, 5) is 0. The third-order valence-corrected chi connectivity index (χ3v) is 3.18. The Morgan fingerprint density at radius 3 is 2.87 bits per heavy atom. The van der Waals surface area contributed by atoms with Crippen molar-refractivity contribution in [3.05, 3.63) is 34.9 Å². The minimum atomic E-state index is -0.140. The van der Waals surface area contributed by atoms with Crippen LogP contribution in [0.1, 0.15) is 23.1 Å². The van der Waals surface area contributed by atoms with E-state index in [1.807, 2.05) is 0 Å². The van der Waals surface area contributed by atoms with Crippen LogP contribution in [0, 0.1) is 13.8 Å². The lowest BCUT2D eigenvalue weighted by Crippen LogP contribution is -2.42. The lowest BCUT2D eigenvalue weighted by molar-refractivity contribution is 0.178. The number of ether oxygens (including phenoxy) is 1. The number of hydrogen-bond acceptors (Lipinski definition) is 2. The molecule has 82 valence electrons. The Kier molecular flexibility index (Phi) is 2.81. The molecule has 0 aromatic heterocycles. The predicted molar refractivity (Wildman–Crippen MR) is 62.0 cm³/mol. The first kappa shape index (κ1) is 10.7. The molecule has 2 N–H and O–H groups in total. The van der Waals surface area contributed by atoms with E-state index in [0.717, 1.165) is 19.4 Å². The Balaban J connectivity index is 2.19. The van der Waals surface area contributed by atoms with Crippen molar-refractivity contribution in [2.24, 2.45) is 5.73 Å². The van der Waals surface area contributed by atoms with Crippen molar-refractivity contribution < 1.29 is 4.74 Å². The lowest BCUT2D eigenvalue weighted by atomic mass is 9.88. The van der Waals surface area contributed by atoms with Crippen LogP contribution in [0.5, 0.6) is 0 Å². The summed E-state index contributed by atoms with van der Waals surface area (Å²) >= 11 is 0. The number of rotatable bonds is 2. The fourth-order valence-corrected chi connectivity index (χ4v) is 2.13. The molecule has 0 amide bonds. The van der Waals surface area contributed by atoms with Gasteiger partial charge in [-0.25, -0.2) is 0 Å². The van der Waals surface area contributed by atoms with Crippen molar-refractivity contribution in [1.82, 2.24) is 0 Å². The highest BCUT2D eigenvalue weighted by Crippen LogP contribution is 2.23. The van der Waals surface area contributed by atoms with E-state index in [4.69, 9.17) is 10.5 Å². The van der Waals surface area contributed by atoms with Crippen LogP contribution in [-0.2, 0) is 11.2 Å². The number of hydrogen-bond donors (Lipinski definition) is 1. The summed E-state index contributed by atoms with van der Waals surface area (Å²) in [7, 11) is 0. The highest BCUT2D eigenvalue weighted by Gasteiger charge is 2.30. The Morgan fingerprint density at radius 2 is 2.20 bits per heavy atom. The van der Waals surface area contributed by atoms with E-state index in [1.54, 1.807) is 0 Å². The Bertz CT molecular complexity index is 354. The maximum atomic E-state index is 6.29. The fourth-order valence-electron chi connectivity index (χ4n) is 2.13. The quantitative estimate of drug-likeness (QED) is 0.801. The molecule has 1 aliphatic heterocycles. The van der Waals surface area contributed by atoms with Gasteiger partial charge in [0, 0.05) is 12.1 Å². The van der Waals surface area contributed by atoms with Crippen LogP contribution in [0.3, 0.4) is 0 Å². The highest BCUT2D eigenvalue weighted by atomic mass is 16.5. The van der Waals surface area contributed by atoms with Gasteiger partial charge in [-0.05, 0) is 37.8 Å². The minimum absolute atomic E-state index is 0.140. The number of nitrogens with two attached hydrogens (primary N) is 1. The van der Waals surface area contributed by atoms with Crippen LogP contribution < -0.4 is 5.73 Å². The molecule has 1 heterocycles. The summed E-state index contributed by atoms with van der Waals surface area (Å²) in [6.45, 7) is 5.77. The largest absolute Gasteiger partial charge is 0.379 e. The van der Waals surface area contributed by atoms with Gasteiger partial charge in [-0.2, -0.15) is 0 Å². The highest BCUT2D eigenvalue weighted by molar-refractivity contribution is 5.32. The van der Waals surface area contributed by atoms with E-state index in [9.17, 15) is 0 Å². The van der Waals surface area contributed by atoms with Gasteiger partial charge in [-0.1, -0.05) is 23.8 Å². The minimum Gasteiger partial charge on any atom is -0.379 e. The Labute approximate surface area is 91.4 Å². The second-order valence-corrected chi connectivity index (χ2v) is 4.77. The van der Waals surface area contributed by atoms with Crippen LogP contribution in [0.2, 0.25) is 0 Å². The van der Waals surface area contributed by atoms with Crippen LogP contribution in [-0.4, -0.2) is 18.8 Å². The first-order valence-electron chi connectivity index (χ1n) is 5.52. The van der Waals surface area contributed by atoms with Gasteiger partial charge < -0.3 is 10.5 Å². The van der Waals surface area contributed by atoms with Crippen LogP contribution in [0.25, 0.3) is 0 Å². The monoisotopic (exact) mass is 205 g/mol. The molecular formula is C13H19NO. The molecular weight excluding hydrogens is 186 g/mol. The van der Waals surface area contributed by atoms with Gasteiger partial charge in [0.15, 0.2) is 0 Å². The molecule has 0 saturated carbocycles. The molecule has 1 unspecified atom stereocenters. The first-order chi connectivity index (χ1) is 7.09. The van der Waals surface area contributed by atoms with Crippen LogP contribution in [0.15, 0.2) is 18.2 Å². The molecule has 0 spiro atoms. The van der Waals surface area contributed by atoms with Gasteiger partial charge >= 0.3 is 0 Å². The van der Waals surface area contributed by atoms with Crippen molar-refractivity contribution in [1.29, 1.82) is 0 Å². The number of benzene rings is 1. The van der Waals surface area contributed by atoms with Gasteiger partial charge in [0.25, 0.3) is 0 Å². The zero-order chi connectivity index (χ0) is 10.9. The van der Waals surface area contributed by atoms with Gasteiger partial charge in [0.1, 0.15) is 0 Å². The molecule has 1 aliphatic rings. The third kappa shape index (κ3) is 2.39. The van der Waals surface area contributed by atoms with E-state index in [-0.39, 0.29) is 5.54 Å². The number of aryl methyl sites for hydroxylation is 2. The average molecular weight is 205 g/mol. The summed E-state index contributed by atoms with van der Waals surface area (Å²) in [5.74, 6) is 0. The van der Waals surface area contributed by atoms with E-state index >= 15 is 0 Å².